The molecule has 0 aromatic rings. The molecule has 0 atom stereocenters. The van der Waals surface area contributed by atoms with Gasteiger partial charge in [0.2, 0.25) is 0 Å². The smallest absolute Gasteiger partial charge is 0 e. The van der Waals surface area contributed by atoms with Crippen molar-refractivity contribution in [3.05, 3.63) is 0 Å². The first-order valence-corrected chi connectivity index (χ1v) is 35.0. The Balaban J connectivity index is 15.2. The predicted molar refractivity (Wildman–Crippen MR) is 610 cm³/mol. The van der Waals surface area contributed by atoms with Crippen LogP contribution in [0, 0.1) is 0 Å². The maximum Gasteiger partial charge on any atom is 0 e. The van der Waals surface area contributed by atoms with Crippen LogP contribution < -0.4 is 0 Å². The molecule has 0 aliphatic carbocycles. The molecule has 0 unspecified atom stereocenters. The molecular weight excluding hydrogens is 1150 g/mol. The third-order valence-corrected chi connectivity index (χ3v) is 22.7. The van der Waals surface area contributed by atoms with Gasteiger partial charge in [-0.05, 0) is 0 Å². The van der Waals surface area contributed by atoms with E-state index in [1.807, 2.05) is 0 Å². The van der Waals surface area contributed by atoms with Crippen molar-refractivity contribution in [3.63, 3.8) is 0 Å². The molecule has 0 aliphatic rings. The van der Waals surface area contributed by atoms with Crippen molar-refractivity contribution in [2.24, 2.45) is 0 Å². The maximum atomic E-state index is 7.48. The molecule has 318 valence electrons. The Morgan fingerprint density at radius 3 is 0.142 bits per heavy atom. The molecular formula is B106. The van der Waals surface area contributed by atoms with Crippen LogP contribution in [0.1, 0.15) is 0 Å². The normalized spacial score (nSPS) is 9.85. The lowest BCUT2D eigenvalue weighted by atomic mass is 8.18. The van der Waals surface area contributed by atoms with Crippen molar-refractivity contribution in [1.29, 1.82) is 0 Å². The first-order valence-electron chi connectivity index (χ1n) is 35.0. The number of rotatable bonds is 51. The van der Waals surface area contributed by atoms with Gasteiger partial charge in [-0.25, -0.2) is 0 Å². The molecule has 0 heterocycles. The van der Waals surface area contributed by atoms with E-state index in [1.165, 1.54) is 0 Å². The lowest BCUT2D eigenvalue weighted by molar-refractivity contribution is 3.12. The first kappa shape index (κ1) is 113. The van der Waals surface area contributed by atoms with Gasteiger partial charge in [-0.2, -0.15) is 0 Å². The van der Waals surface area contributed by atoms with Crippen LogP contribution in [0.4, 0.5) is 0 Å². The van der Waals surface area contributed by atoms with Gasteiger partial charge in [0.15, 0.2) is 0 Å². The quantitative estimate of drug-likeness (QED) is 0.0533. The molecule has 0 amide bonds. The predicted octanol–water partition coefficient (Wildman–Crippen LogP) is -40.4. The van der Waals surface area contributed by atoms with E-state index in [0.717, 1.165) is 0 Å². The summed E-state index contributed by atoms with van der Waals surface area (Å²) in [5.41, 5.74) is 0. The third kappa shape index (κ3) is 30.1. The Morgan fingerprint density at radius 2 is 0.0849 bits per heavy atom. The molecule has 0 spiro atoms. The Hall–Kier alpha value is 6.88. The van der Waals surface area contributed by atoms with Crippen LogP contribution in [0.5, 0.6) is 0 Å². The Morgan fingerprint density at radius 1 is 0.0472 bits per heavy atom. The Bertz CT molecular complexity index is 1820. The van der Waals surface area contributed by atoms with Crippen LogP contribution in [0.15, 0.2) is 0 Å². The molecule has 0 saturated heterocycles. The first-order chi connectivity index (χ1) is 48.2. The van der Waals surface area contributed by atoms with Gasteiger partial charge < -0.3 is 0 Å². The molecule has 106 heteroatoms. The summed E-state index contributed by atoms with van der Waals surface area (Å²) < 4.78 is 0. The summed E-state index contributed by atoms with van der Waals surface area (Å²) in [6.45, 7) is 0. The molecule has 0 aliphatic heterocycles. The van der Waals surface area contributed by atoms with Gasteiger partial charge in [-0.1, -0.05) is 0 Å². The second-order valence-electron chi connectivity index (χ2n) is 30.0. The van der Waals surface area contributed by atoms with E-state index in [1.54, 1.807) is 0 Å². The highest BCUT2D eigenvalue weighted by Crippen LogP contribution is 2.31. The van der Waals surface area contributed by atoms with Gasteiger partial charge in [0.1, 0.15) is 0 Å². The third-order valence-electron chi connectivity index (χ3n) is 22.7. The SMILES string of the molecule is [B]B([B])B(B([B])[B])B(B([B])[B])B(B(B(B([B])[B])B([B])[B])B(B([B])[B])B([B])[B])B(B(B(B([B])[B])B([B])[B])B(B([B])[B])B([B])[B])B(B(B(B(B([B])[B])B([B])[B])B(B([B])[B])B([B])[B])B(B(B([B])[B])B([B])[B])B(B([B])[B])B([B])[B])B(B(B(B([B])[B])B([B])[B])B(B([B])[B])B([B])[B])B(B(B([B])[B])B([B])[B])B(B([B])[B])B([B])[B]. The average molecular weight is 1150 g/mol. The summed E-state index contributed by atoms with van der Waals surface area (Å²) in [6, 6.07) is 0. The van der Waals surface area contributed by atoms with E-state index in [9.17, 15) is 0 Å². The van der Waals surface area contributed by atoms with Crippen molar-refractivity contribution in [2.75, 3.05) is 0 Å². The number of hydrogen-bond acceptors (Lipinski definition) is 0. The zero-order valence-corrected chi connectivity index (χ0v) is 61.2. The second-order valence-corrected chi connectivity index (χ2v) is 30.0. The highest BCUT2D eigenvalue weighted by Gasteiger charge is 2.69. The minimum absolute atomic E-state index is 1.81. The minimum Gasteiger partial charge on any atom is 0 e. The van der Waals surface area contributed by atoms with Gasteiger partial charge in [0.25, 0.3) is 0 Å². The van der Waals surface area contributed by atoms with Gasteiger partial charge >= 0.3 is 0 Å². The van der Waals surface area contributed by atoms with E-state index >= 15 is 0 Å². The summed E-state index contributed by atoms with van der Waals surface area (Å²) in [5, 5.41) is 0. The molecule has 0 N–H and O–H groups in total. The summed E-state index contributed by atoms with van der Waals surface area (Å²) in [7, 11) is 388. The topological polar surface area (TPSA) is 0 Å². The molecule has 0 aromatic heterocycles. The molecule has 0 fully saturated rings. The molecule has 0 saturated carbocycles. The largest absolute Gasteiger partial charge is 0 e. The highest BCUT2D eigenvalue weighted by atomic mass is 13.5. The van der Waals surface area contributed by atoms with E-state index in [-0.39, 0.29) is 0 Å². The molecule has 0 bridgehead atoms. The fourth-order valence-corrected chi connectivity index (χ4v) is 19.2. The van der Waals surface area contributed by atoms with Gasteiger partial charge in [-0.15, -0.1) is 0 Å². The molecule has 108 radical (unpaired) electrons. The fraction of sp³-hybridized carbons (Fsp3) is 0. The van der Waals surface area contributed by atoms with Crippen molar-refractivity contribution >= 4 is 750 Å². The highest BCUT2D eigenvalue weighted by molar-refractivity contribution is 8.45. The van der Waals surface area contributed by atoms with E-state index < -0.39 is 332 Å². The lowest BCUT2D eigenvalue weighted by Crippen LogP contribution is -3.02. The molecule has 106 heavy (non-hydrogen) atoms. The Labute approximate surface area is 742 Å². The van der Waals surface area contributed by atoms with Crippen LogP contribution in [-0.2, 0) is 0 Å². The van der Waals surface area contributed by atoms with E-state index in [2.05, 4.69) is 0 Å². The second kappa shape index (κ2) is 51.8. The Kier molecular flexibility index (Phi) is 55.2. The van der Waals surface area contributed by atoms with E-state index in [0.29, 0.717) is 0 Å². The zero-order chi connectivity index (χ0) is 84.0. The molecule has 0 rings (SSSR count). The van der Waals surface area contributed by atoms with Gasteiger partial charge in [-0.3, -0.25) is 0 Å². The summed E-state index contributed by atoms with van der Waals surface area (Å²) in [6.07, 6.45) is -102. The summed E-state index contributed by atoms with van der Waals surface area (Å²) in [5.74, 6) is 0. The van der Waals surface area contributed by atoms with Crippen LogP contribution in [-0.4, -0.2) is 750 Å². The van der Waals surface area contributed by atoms with Crippen molar-refractivity contribution in [2.45, 2.75) is 0 Å². The molecule has 0 nitrogen and oxygen atoms in total. The van der Waals surface area contributed by atoms with Crippen molar-refractivity contribution < 1.29 is 0 Å². The lowest BCUT2D eigenvalue weighted by Gasteiger charge is -2.63. The van der Waals surface area contributed by atoms with Crippen LogP contribution in [0.3, 0.4) is 0 Å². The maximum absolute atomic E-state index is 7.48. The minimum atomic E-state index is -2.43. The monoisotopic (exact) mass is 1170 g/mol. The zero-order valence-electron chi connectivity index (χ0n) is 61.2. The average Bonchev–Trinajstić information content (AvgIpc) is 3.42. The standard InChI is InChI=1S/B106/c1-55(2)82(56(3)4)95(81(53)54)102(96(83(57(5)6)58(7)8)84(59(9)10)60(11)12)105(101(93(77(45)46)78(47)48)94(79(49)50)80(51)52)106(103(97(85(61(13)14)62(15)16)86(63(17)18)64(19)20)98(87(65(21)22)66(23)24)88(67(25)26)68(27)28)104(99(89(69(29)30)70(31)32)90(71(33)34)72(35)36)100(91(73(37)38)74(39)40)92(75(41)42)76(43)44. The van der Waals surface area contributed by atoms with Crippen molar-refractivity contribution in [3.8, 4) is 0 Å². The summed E-state index contributed by atoms with van der Waals surface area (Å²) in [4.78, 5) is 0. The van der Waals surface area contributed by atoms with Gasteiger partial charge in [0, 0.05) is 750 Å². The number of hydrogen-bond donors (Lipinski definition) is 0. The van der Waals surface area contributed by atoms with Crippen LogP contribution in [0.2, 0.25) is 0 Å². The van der Waals surface area contributed by atoms with Crippen LogP contribution >= 0.6 is 0 Å². The fourth-order valence-electron chi connectivity index (χ4n) is 19.2. The summed E-state index contributed by atoms with van der Waals surface area (Å²) >= 11 is 0. The van der Waals surface area contributed by atoms with Gasteiger partial charge in [0.05, 0.1) is 0 Å². The van der Waals surface area contributed by atoms with Crippen LogP contribution in [0.25, 0.3) is 0 Å². The van der Waals surface area contributed by atoms with Crippen molar-refractivity contribution in [1.82, 2.24) is 0 Å². The van der Waals surface area contributed by atoms with E-state index in [4.69, 9.17) is 418 Å². The molecule has 0 aromatic carbocycles.